The third-order valence-corrected chi connectivity index (χ3v) is 4.20. The van der Waals surface area contributed by atoms with E-state index in [-0.39, 0.29) is 6.04 Å². The number of nitrogens with one attached hydrogen (secondary N) is 1. The lowest BCUT2D eigenvalue weighted by Crippen LogP contribution is -2.31. The minimum atomic E-state index is 0.263. The molecule has 4 heteroatoms. The highest BCUT2D eigenvalue weighted by Crippen LogP contribution is 2.35. The van der Waals surface area contributed by atoms with Crippen LogP contribution in [0.4, 0.5) is 0 Å². The number of nitrogens with two attached hydrogens (primary N) is 1. The van der Waals surface area contributed by atoms with Crippen LogP contribution in [0.3, 0.4) is 0 Å². The van der Waals surface area contributed by atoms with E-state index in [4.69, 9.17) is 5.84 Å². The fraction of sp³-hybridized carbons (Fsp3) is 0.500. The summed E-state index contributed by atoms with van der Waals surface area (Å²) in [4.78, 5) is 0. The molecule has 16 heavy (non-hydrogen) atoms. The maximum Gasteiger partial charge on any atom is 0.0463 e. The Morgan fingerprint density at radius 1 is 1.25 bits per heavy atom. The standard InChI is InChI=1S/C12H16Br2N2/c13-10-5-9(6-11(14)7-10)12(16-15)4-8-2-1-3-8/h5-8,12,16H,1-4,15H2. The molecule has 1 aliphatic rings. The highest BCUT2D eigenvalue weighted by atomic mass is 79.9. The number of benzene rings is 1. The molecule has 1 saturated carbocycles. The van der Waals surface area contributed by atoms with Gasteiger partial charge in [-0.25, -0.2) is 0 Å². The molecule has 0 aromatic heterocycles. The first-order chi connectivity index (χ1) is 7.69. The predicted octanol–water partition coefficient (Wildman–Crippen LogP) is 3.91. The average Bonchev–Trinajstić information content (AvgIpc) is 2.14. The maximum absolute atomic E-state index is 5.65. The van der Waals surface area contributed by atoms with Crippen LogP contribution >= 0.6 is 31.9 Å². The second kappa shape index (κ2) is 5.63. The van der Waals surface area contributed by atoms with Gasteiger partial charge >= 0.3 is 0 Å². The zero-order valence-electron chi connectivity index (χ0n) is 9.05. The van der Waals surface area contributed by atoms with E-state index in [1.807, 2.05) is 6.07 Å². The van der Waals surface area contributed by atoms with Crippen molar-refractivity contribution in [2.24, 2.45) is 11.8 Å². The fourth-order valence-corrected chi connectivity index (χ4v) is 3.47. The lowest BCUT2D eigenvalue weighted by Gasteiger charge is -2.29. The van der Waals surface area contributed by atoms with Crippen LogP contribution in [0, 0.1) is 5.92 Å². The minimum Gasteiger partial charge on any atom is -0.271 e. The second-order valence-corrected chi connectivity index (χ2v) is 6.29. The topological polar surface area (TPSA) is 38.0 Å². The molecule has 0 aliphatic heterocycles. The van der Waals surface area contributed by atoms with Gasteiger partial charge in [-0.15, -0.1) is 0 Å². The van der Waals surface area contributed by atoms with Crippen LogP contribution in [0.15, 0.2) is 27.1 Å². The van der Waals surface area contributed by atoms with Gasteiger partial charge in [-0.2, -0.15) is 0 Å². The van der Waals surface area contributed by atoms with Gasteiger partial charge in [0, 0.05) is 15.0 Å². The third kappa shape index (κ3) is 3.06. The minimum absolute atomic E-state index is 0.263. The van der Waals surface area contributed by atoms with Crippen molar-refractivity contribution >= 4 is 31.9 Å². The average molecular weight is 348 g/mol. The first-order valence-electron chi connectivity index (χ1n) is 5.61. The van der Waals surface area contributed by atoms with E-state index in [0.29, 0.717) is 0 Å². The van der Waals surface area contributed by atoms with Gasteiger partial charge in [0.2, 0.25) is 0 Å². The van der Waals surface area contributed by atoms with E-state index >= 15 is 0 Å². The molecule has 0 saturated heterocycles. The van der Waals surface area contributed by atoms with Crippen LogP contribution in [0.5, 0.6) is 0 Å². The van der Waals surface area contributed by atoms with Crippen molar-refractivity contribution in [3.8, 4) is 0 Å². The molecule has 2 rings (SSSR count). The first kappa shape index (κ1) is 12.6. The van der Waals surface area contributed by atoms with Gasteiger partial charge in [0.25, 0.3) is 0 Å². The summed E-state index contributed by atoms with van der Waals surface area (Å²) in [6, 6.07) is 6.57. The second-order valence-electron chi connectivity index (χ2n) is 4.45. The van der Waals surface area contributed by atoms with Gasteiger partial charge in [0.1, 0.15) is 0 Å². The van der Waals surface area contributed by atoms with E-state index in [9.17, 15) is 0 Å². The Morgan fingerprint density at radius 2 is 1.88 bits per heavy atom. The monoisotopic (exact) mass is 346 g/mol. The molecule has 0 amide bonds. The molecule has 0 spiro atoms. The van der Waals surface area contributed by atoms with Crippen molar-refractivity contribution in [2.45, 2.75) is 31.7 Å². The molecule has 3 N–H and O–H groups in total. The summed E-state index contributed by atoms with van der Waals surface area (Å²) in [5.74, 6) is 6.50. The highest BCUT2D eigenvalue weighted by Gasteiger charge is 2.22. The lowest BCUT2D eigenvalue weighted by atomic mass is 9.80. The molecular weight excluding hydrogens is 332 g/mol. The SMILES string of the molecule is NNC(CC1CCC1)c1cc(Br)cc(Br)c1. The Labute approximate surface area is 113 Å². The normalized spacial score (nSPS) is 18.2. The molecule has 1 atom stereocenters. The van der Waals surface area contributed by atoms with E-state index in [2.05, 4.69) is 49.4 Å². The summed E-state index contributed by atoms with van der Waals surface area (Å²) in [5, 5.41) is 0. The molecular formula is C12H16Br2N2. The van der Waals surface area contributed by atoms with E-state index < -0.39 is 0 Å². The molecule has 0 bridgehead atoms. The number of hydrogen-bond acceptors (Lipinski definition) is 2. The van der Waals surface area contributed by atoms with Crippen molar-refractivity contribution in [2.75, 3.05) is 0 Å². The van der Waals surface area contributed by atoms with Gasteiger partial charge in [-0.1, -0.05) is 51.1 Å². The van der Waals surface area contributed by atoms with Gasteiger partial charge in [-0.3, -0.25) is 11.3 Å². The lowest BCUT2D eigenvalue weighted by molar-refractivity contribution is 0.262. The fourth-order valence-electron chi connectivity index (χ4n) is 2.14. The summed E-state index contributed by atoms with van der Waals surface area (Å²) >= 11 is 7.02. The summed E-state index contributed by atoms with van der Waals surface area (Å²) in [5.41, 5.74) is 4.18. The smallest absolute Gasteiger partial charge is 0.0463 e. The van der Waals surface area contributed by atoms with Gasteiger partial charge in [0.15, 0.2) is 0 Å². The van der Waals surface area contributed by atoms with Crippen molar-refractivity contribution in [1.29, 1.82) is 0 Å². The Balaban J connectivity index is 2.11. The third-order valence-electron chi connectivity index (χ3n) is 3.28. The molecule has 1 aliphatic carbocycles. The Hall–Kier alpha value is 0.1000. The molecule has 1 aromatic carbocycles. The van der Waals surface area contributed by atoms with Crippen LogP contribution in [-0.4, -0.2) is 0 Å². The maximum atomic E-state index is 5.65. The van der Waals surface area contributed by atoms with Crippen molar-refractivity contribution in [3.05, 3.63) is 32.7 Å². The Kier molecular flexibility index (Phi) is 4.41. The highest BCUT2D eigenvalue weighted by molar-refractivity contribution is 9.11. The van der Waals surface area contributed by atoms with Crippen LogP contribution in [0.2, 0.25) is 0 Å². The summed E-state index contributed by atoms with van der Waals surface area (Å²) in [6.45, 7) is 0. The van der Waals surface area contributed by atoms with Gasteiger partial charge < -0.3 is 0 Å². The van der Waals surface area contributed by atoms with E-state index in [1.165, 1.54) is 24.8 Å². The van der Waals surface area contributed by atoms with Gasteiger partial charge in [-0.05, 0) is 36.1 Å². The molecule has 0 radical (unpaired) electrons. The van der Waals surface area contributed by atoms with Crippen LogP contribution in [-0.2, 0) is 0 Å². The van der Waals surface area contributed by atoms with Crippen molar-refractivity contribution < 1.29 is 0 Å². The summed E-state index contributed by atoms with van der Waals surface area (Å²) in [6.07, 6.45) is 5.23. The van der Waals surface area contributed by atoms with Crippen LogP contribution in [0.1, 0.15) is 37.3 Å². The summed E-state index contributed by atoms with van der Waals surface area (Å²) in [7, 11) is 0. The molecule has 0 heterocycles. The zero-order chi connectivity index (χ0) is 11.5. The molecule has 2 nitrogen and oxygen atoms in total. The molecule has 88 valence electrons. The predicted molar refractivity (Wildman–Crippen MR) is 73.9 cm³/mol. The van der Waals surface area contributed by atoms with Gasteiger partial charge in [0.05, 0.1) is 0 Å². The quantitative estimate of drug-likeness (QED) is 0.640. The number of halogens is 2. The van der Waals surface area contributed by atoms with Crippen LogP contribution in [0.25, 0.3) is 0 Å². The number of hydrazine groups is 1. The van der Waals surface area contributed by atoms with E-state index in [0.717, 1.165) is 21.3 Å². The number of hydrogen-bond donors (Lipinski definition) is 2. The molecule has 1 unspecified atom stereocenters. The van der Waals surface area contributed by atoms with Crippen molar-refractivity contribution in [3.63, 3.8) is 0 Å². The Bertz CT molecular complexity index is 344. The van der Waals surface area contributed by atoms with Crippen molar-refractivity contribution in [1.82, 2.24) is 5.43 Å². The largest absolute Gasteiger partial charge is 0.271 e. The molecule has 1 aromatic rings. The summed E-state index contributed by atoms with van der Waals surface area (Å²) < 4.78 is 2.18. The first-order valence-corrected chi connectivity index (χ1v) is 7.20. The van der Waals surface area contributed by atoms with E-state index in [1.54, 1.807) is 0 Å². The zero-order valence-corrected chi connectivity index (χ0v) is 12.2. The Morgan fingerprint density at radius 3 is 2.31 bits per heavy atom. The molecule has 1 fully saturated rings. The van der Waals surface area contributed by atoms with Crippen LogP contribution < -0.4 is 11.3 Å². The number of rotatable bonds is 4.